The van der Waals surface area contributed by atoms with Crippen molar-refractivity contribution < 1.29 is 4.74 Å². The van der Waals surface area contributed by atoms with Crippen LogP contribution in [0.4, 0.5) is 5.95 Å². The van der Waals surface area contributed by atoms with Gasteiger partial charge in [-0.2, -0.15) is 4.98 Å². The van der Waals surface area contributed by atoms with Gasteiger partial charge in [-0.05, 0) is 20.3 Å². The highest BCUT2D eigenvalue weighted by Crippen LogP contribution is 2.15. The van der Waals surface area contributed by atoms with Crippen molar-refractivity contribution in [3.63, 3.8) is 0 Å². The van der Waals surface area contributed by atoms with Crippen LogP contribution in [0.25, 0.3) is 0 Å². The van der Waals surface area contributed by atoms with E-state index >= 15 is 0 Å². The smallest absolute Gasteiger partial charge is 0.228 e. The van der Waals surface area contributed by atoms with E-state index < -0.39 is 0 Å². The Morgan fingerprint density at radius 3 is 2.81 bits per heavy atom. The molecule has 0 aliphatic carbocycles. The van der Waals surface area contributed by atoms with Crippen molar-refractivity contribution in [2.45, 2.75) is 26.3 Å². The van der Waals surface area contributed by atoms with Crippen molar-refractivity contribution >= 4 is 21.9 Å². The molecule has 0 atom stereocenters. The molecule has 0 spiro atoms. The summed E-state index contributed by atoms with van der Waals surface area (Å²) in [4.78, 5) is 10.8. The largest absolute Gasteiger partial charge is 0.481 e. The van der Waals surface area contributed by atoms with Gasteiger partial charge in [0.1, 0.15) is 0 Å². The first-order valence-electron chi connectivity index (χ1n) is 5.38. The van der Waals surface area contributed by atoms with E-state index in [0.717, 1.165) is 24.2 Å². The normalized spacial score (nSPS) is 10.6. The first-order chi connectivity index (χ1) is 7.69. The number of anilines is 1. The molecule has 5 heteroatoms. The number of methoxy groups -OCH3 is 1. The molecule has 0 amide bonds. The summed E-state index contributed by atoms with van der Waals surface area (Å²) in [5, 5.41) is 0.986. The van der Waals surface area contributed by atoms with Crippen molar-refractivity contribution in [3.8, 4) is 5.88 Å². The molecule has 1 rings (SSSR count). The minimum atomic E-state index is 0.381. The lowest BCUT2D eigenvalue weighted by Gasteiger charge is -2.26. The molecular formula is C11H18BrN3O. The molecule has 0 bridgehead atoms. The van der Waals surface area contributed by atoms with Crippen LogP contribution in [0.2, 0.25) is 0 Å². The average Bonchev–Trinajstić information content (AvgIpc) is 2.29. The molecule has 1 aromatic rings. The van der Waals surface area contributed by atoms with Gasteiger partial charge in [0.05, 0.1) is 7.11 Å². The third-order valence-corrected chi connectivity index (χ3v) is 2.80. The monoisotopic (exact) mass is 287 g/mol. The van der Waals surface area contributed by atoms with E-state index in [4.69, 9.17) is 4.74 Å². The second-order valence-electron chi connectivity index (χ2n) is 3.73. The lowest BCUT2D eigenvalue weighted by atomic mass is 10.3. The van der Waals surface area contributed by atoms with Crippen LogP contribution < -0.4 is 9.64 Å². The van der Waals surface area contributed by atoms with E-state index in [1.807, 2.05) is 0 Å². The Morgan fingerprint density at radius 1 is 1.50 bits per heavy atom. The molecule has 0 radical (unpaired) electrons. The van der Waals surface area contributed by atoms with Gasteiger partial charge in [-0.1, -0.05) is 15.9 Å². The first-order valence-corrected chi connectivity index (χ1v) is 6.50. The first kappa shape index (κ1) is 13.2. The van der Waals surface area contributed by atoms with Gasteiger partial charge in [0.25, 0.3) is 0 Å². The number of alkyl halides is 1. The summed E-state index contributed by atoms with van der Waals surface area (Å²) in [6, 6.07) is 2.14. The van der Waals surface area contributed by atoms with Crippen LogP contribution in [-0.2, 0) is 0 Å². The maximum absolute atomic E-state index is 5.10. The lowest BCUT2D eigenvalue weighted by molar-refractivity contribution is 0.396. The van der Waals surface area contributed by atoms with Crippen molar-refractivity contribution in [2.24, 2.45) is 0 Å². The Morgan fingerprint density at radius 2 is 2.25 bits per heavy atom. The molecule has 0 aliphatic heterocycles. The predicted octanol–water partition coefficient (Wildman–Crippen LogP) is 2.49. The number of hydrogen-bond acceptors (Lipinski definition) is 4. The molecule has 0 aliphatic rings. The standard InChI is InChI=1S/C11H18BrN3O/c1-9(2)15(8-4-6-12)11-13-7-5-10(14-11)16-3/h5,7,9H,4,6,8H2,1-3H3. The van der Waals surface area contributed by atoms with Crippen LogP contribution in [0.3, 0.4) is 0 Å². The topological polar surface area (TPSA) is 38.2 Å². The van der Waals surface area contributed by atoms with Gasteiger partial charge >= 0.3 is 0 Å². The SMILES string of the molecule is COc1ccnc(N(CCCBr)C(C)C)n1. The van der Waals surface area contributed by atoms with Crippen molar-refractivity contribution in [1.82, 2.24) is 9.97 Å². The Kier molecular flexibility index (Phi) is 5.52. The van der Waals surface area contributed by atoms with Gasteiger partial charge in [-0.15, -0.1) is 0 Å². The summed E-state index contributed by atoms with van der Waals surface area (Å²) in [6.45, 7) is 5.21. The molecule has 90 valence electrons. The highest BCUT2D eigenvalue weighted by molar-refractivity contribution is 9.09. The third kappa shape index (κ3) is 3.63. The number of rotatable bonds is 6. The minimum Gasteiger partial charge on any atom is -0.481 e. The zero-order valence-corrected chi connectivity index (χ0v) is 11.6. The van der Waals surface area contributed by atoms with Gasteiger partial charge in [0.2, 0.25) is 11.8 Å². The van der Waals surface area contributed by atoms with Gasteiger partial charge in [-0.25, -0.2) is 4.98 Å². The summed E-state index contributed by atoms with van der Waals surface area (Å²) < 4.78 is 5.10. The summed E-state index contributed by atoms with van der Waals surface area (Å²) in [6.07, 6.45) is 2.80. The molecule has 0 saturated heterocycles. The molecule has 0 N–H and O–H groups in total. The van der Waals surface area contributed by atoms with E-state index in [1.165, 1.54) is 0 Å². The zero-order valence-electron chi connectivity index (χ0n) is 9.98. The molecule has 0 aromatic carbocycles. The summed E-state index contributed by atoms with van der Waals surface area (Å²) in [5.41, 5.74) is 0. The van der Waals surface area contributed by atoms with E-state index in [0.29, 0.717) is 11.9 Å². The van der Waals surface area contributed by atoms with Crippen LogP contribution in [-0.4, -0.2) is 35.0 Å². The number of ether oxygens (including phenoxy) is 1. The van der Waals surface area contributed by atoms with Crippen molar-refractivity contribution in [2.75, 3.05) is 23.9 Å². The molecule has 1 heterocycles. The summed E-state index contributed by atoms with van der Waals surface area (Å²) >= 11 is 3.44. The Hall–Kier alpha value is -0.840. The second kappa shape index (κ2) is 6.68. The third-order valence-electron chi connectivity index (χ3n) is 2.24. The molecule has 1 aromatic heterocycles. The molecule has 16 heavy (non-hydrogen) atoms. The van der Waals surface area contributed by atoms with Crippen LogP contribution >= 0.6 is 15.9 Å². The Balaban J connectivity index is 2.82. The van der Waals surface area contributed by atoms with Crippen LogP contribution in [0.15, 0.2) is 12.3 Å². The summed E-state index contributed by atoms with van der Waals surface area (Å²) in [7, 11) is 1.62. The van der Waals surface area contributed by atoms with Crippen molar-refractivity contribution in [3.05, 3.63) is 12.3 Å². The lowest BCUT2D eigenvalue weighted by Crippen LogP contribution is -2.33. The highest BCUT2D eigenvalue weighted by Gasteiger charge is 2.13. The van der Waals surface area contributed by atoms with Crippen LogP contribution in [0, 0.1) is 0 Å². The minimum absolute atomic E-state index is 0.381. The molecule has 0 saturated carbocycles. The molecular weight excluding hydrogens is 270 g/mol. The van der Waals surface area contributed by atoms with E-state index in [2.05, 4.69) is 44.6 Å². The fourth-order valence-electron chi connectivity index (χ4n) is 1.40. The van der Waals surface area contributed by atoms with E-state index in [-0.39, 0.29) is 0 Å². The fraction of sp³-hybridized carbons (Fsp3) is 0.636. The molecule has 0 fully saturated rings. The van der Waals surface area contributed by atoms with Crippen LogP contribution in [0.5, 0.6) is 5.88 Å². The average molecular weight is 288 g/mol. The fourth-order valence-corrected chi connectivity index (χ4v) is 1.65. The maximum Gasteiger partial charge on any atom is 0.228 e. The number of aromatic nitrogens is 2. The van der Waals surface area contributed by atoms with E-state index in [1.54, 1.807) is 19.4 Å². The van der Waals surface area contributed by atoms with Crippen LogP contribution in [0.1, 0.15) is 20.3 Å². The van der Waals surface area contributed by atoms with Crippen molar-refractivity contribution in [1.29, 1.82) is 0 Å². The highest BCUT2D eigenvalue weighted by atomic mass is 79.9. The van der Waals surface area contributed by atoms with Gasteiger partial charge in [0.15, 0.2) is 0 Å². The quantitative estimate of drug-likeness (QED) is 0.754. The zero-order chi connectivity index (χ0) is 12.0. The number of halogens is 1. The molecule has 0 unspecified atom stereocenters. The predicted molar refractivity (Wildman–Crippen MR) is 69.5 cm³/mol. The Bertz CT molecular complexity index is 320. The number of hydrogen-bond donors (Lipinski definition) is 0. The summed E-state index contributed by atoms with van der Waals surface area (Å²) in [5.74, 6) is 1.34. The number of nitrogens with zero attached hydrogens (tertiary/aromatic N) is 3. The second-order valence-corrected chi connectivity index (χ2v) is 4.52. The van der Waals surface area contributed by atoms with Gasteiger partial charge in [0, 0.05) is 30.2 Å². The maximum atomic E-state index is 5.10. The van der Waals surface area contributed by atoms with Gasteiger partial charge in [-0.3, -0.25) is 0 Å². The van der Waals surface area contributed by atoms with Gasteiger partial charge < -0.3 is 9.64 Å². The molecule has 4 nitrogen and oxygen atoms in total. The Labute approximate surface area is 105 Å². The van der Waals surface area contributed by atoms with E-state index in [9.17, 15) is 0 Å².